The standard InChI is InChI=1S/C21H18BrN5O/c22-20-10-15(6-9-21(20)28)13-27(26-14-25-24)18-8-7-17(12-23)19(11-18)16-4-2-1-3-5-16/h1-11,14,28H,13,24H2,(H,25,26). The monoisotopic (exact) mass is 435 g/mol. The van der Waals surface area contributed by atoms with Crippen molar-refractivity contribution in [3.8, 4) is 22.9 Å². The molecule has 0 aliphatic carbocycles. The van der Waals surface area contributed by atoms with Crippen molar-refractivity contribution in [2.24, 2.45) is 10.9 Å². The smallest absolute Gasteiger partial charge is 0.129 e. The predicted molar refractivity (Wildman–Crippen MR) is 114 cm³/mol. The Balaban J connectivity index is 2.00. The van der Waals surface area contributed by atoms with Gasteiger partial charge in [-0.05, 0) is 57.4 Å². The molecule has 0 fully saturated rings. The van der Waals surface area contributed by atoms with Gasteiger partial charge in [-0.25, -0.2) is 0 Å². The van der Waals surface area contributed by atoms with Gasteiger partial charge in [-0.2, -0.15) is 10.4 Å². The van der Waals surface area contributed by atoms with Gasteiger partial charge in [0.15, 0.2) is 0 Å². The summed E-state index contributed by atoms with van der Waals surface area (Å²) < 4.78 is 0.613. The summed E-state index contributed by atoms with van der Waals surface area (Å²) in [6, 6.07) is 22.9. The number of benzene rings is 3. The zero-order valence-electron chi connectivity index (χ0n) is 14.9. The van der Waals surface area contributed by atoms with Crippen molar-refractivity contribution in [1.82, 2.24) is 5.43 Å². The SMILES string of the molecule is N#Cc1ccc(N(Cc2ccc(O)c(Br)c2)N/C=N\N)cc1-c1ccccc1. The van der Waals surface area contributed by atoms with Gasteiger partial charge in [0.1, 0.15) is 12.1 Å². The van der Waals surface area contributed by atoms with Crippen LogP contribution in [0.2, 0.25) is 0 Å². The summed E-state index contributed by atoms with van der Waals surface area (Å²) in [5, 5.41) is 24.6. The third kappa shape index (κ3) is 4.42. The maximum atomic E-state index is 9.71. The molecule has 0 atom stereocenters. The number of phenols is 1. The number of nitrogens with two attached hydrogens (primary N) is 1. The second-order valence-corrected chi connectivity index (χ2v) is 6.84. The van der Waals surface area contributed by atoms with E-state index in [0.29, 0.717) is 16.6 Å². The zero-order valence-corrected chi connectivity index (χ0v) is 16.5. The molecule has 0 bridgehead atoms. The summed E-state index contributed by atoms with van der Waals surface area (Å²) >= 11 is 3.33. The summed E-state index contributed by atoms with van der Waals surface area (Å²) in [5.74, 6) is 5.43. The number of nitrogens with one attached hydrogen (secondary N) is 1. The minimum absolute atomic E-state index is 0.177. The molecule has 0 unspecified atom stereocenters. The lowest BCUT2D eigenvalue weighted by Gasteiger charge is -2.25. The first kappa shape index (κ1) is 19.3. The molecule has 3 aromatic rings. The maximum Gasteiger partial charge on any atom is 0.129 e. The molecule has 3 aromatic carbocycles. The Morgan fingerprint density at radius 1 is 1.14 bits per heavy atom. The molecule has 0 aliphatic heterocycles. The van der Waals surface area contributed by atoms with Gasteiger partial charge in [-0.15, -0.1) is 0 Å². The molecule has 3 rings (SSSR count). The van der Waals surface area contributed by atoms with Gasteiger partial charge in [0, 0.05) is 5.56 Å². The van der Waals surface area contributed by atoms with E-state index in [1.165, 1.54) is 6.34 Å². The van der Waals surface area contributed by atoms with Crippen molar-refractivity contribution in [3.05, 3.63) is 82.3 Å². The van der Waals surface area contributed by atoms with E-state index in [1.54, 1.807) is 12.1 Å². The van der Waals surface area contributed by atoms with Crippen LogP contribution in [0.5, 0.6) is 5.75 Å². The Hall–Kier alpha value is -3.50. The molecule has 7 heteroatoms. The van der Waals surface area contributed by atoms with Crippen LogP contribution in [-0.4, -0.2) is 11.4 Å². The van der Waals surface area contributed by atoms with Crippen molar-refractivity contribution in [3.63, 3.8) is 0 Å². The van der Waals surface area contributed by atoms with E-state index >= 15 is 0 Å². The second kappa shape index (κ2) is 8.93. The highest BCUT2D eigenvalue weighted by atomic mass is 79.9. The predicted octanol–water partition coefficient (Wildman–Crippen LogP) is 4.11. The summed E-state index contributed by atoms with van der Waals surface area (Å²) in [6.45, 7) is 0.477. The summed E-state index contributed by atoms with van der Waals surface area (Å²) in [6.07, 6.45) is 1.38. The number of hydrogen-bond acceptors (Lipinski definition) is 5. The van der Waals surface area contributed by atoms with Crippen LogP contribution in [0.25, 0.3) is 11.1 Å². The lowest BCUT2D eigenvalue weighted by Crippen LogP contribution is -2.37. The maximum absolute atomic E-state index is 9.71. The van der Waals surface area contributed by atoms with Crippen LogP contribution >= 0.6 is 15.9 Å². The van der Waals surface area contributed by atoms with Gasteiger partial charge in [-0.3, -0.25) is 10.4 Å². The molecule has 6 nitrogen and oxygen atoms in total. The molecule has 0 radical (unpaired) electrons. The molecule has 0 aromatic heterocycles. The van der Waals surface area contributed by atoms with Gasteiger partial charge < -0.3 is 10.9 Å². The Kier molecular flexibility index (Phi) is 6.14. The highest BCUT2D eigenvalue weighted by Gasteiger charge is 2.12. The highest BCUT2D eigenvalue weighted by molar-refractivity contribution is 9.10. The number of rotatable bonds is 6. The summed E-state index contributed by atoms with van der Waals surface area (Å²) in [5.41, 5.74) is 7.22. The van der Waals surface area contributed by atoms with Gasteiger partial charge in [-0.1, -0.05) is 36.4 Å². The first-order valence-corrected chi connectivity index (χ1v) is 9.24. The largest absolute Gasteiger partial charge is 0.507 e. The molecule has 0 spiro atoms. The van der Waals surface area contributed by atoms with Crippen molar-refractivity contribution in [2.45, 2.75) is 6.54 Å². The third-order valence-corrected chi connectivity index (χ3v) is 4.80. The fourth-order valence-electron chi connectivity index (χ4n) is 2.80. The highest BCUT2D eigenvalue weighted by Crippen LogP contribution is 2.29. The molecule has 0 saturated heterocycles. The number of nitriles is 1. The molecular weight excluding hydrogens is 418 g/mol. The number of hydrazone groups is 1. The summed E-state index contributed by atoms with van der Waals surface area (Å²) in [7, 11) is 0. The van der Waals surface area contributed by atoms with Crippen molar-refractivity contribution in [2.75, 3.05) is 5.01 Å². The summed E-state index contributed by atoms with van der Waals surface area (Å²) in [4.78, 5) is 0. The molecule has 0 heterocycles. The molecule has 28 heavy (non-hydrogen) atoms. The van der Waals surface area contributed by atoms with E-state index in [4.69, 9.17) is 5.84 Å². The van der Waals surface area contributed by atoms with E-state index in [0.717, 1.165) is 22.4 Å². The fraction of sp³-hybridized carbons (Fsp3) is 0.0476. The minimum atomic E-state index is 0.177. The number of anilines is 1. The first-order chi connectivity index (χ1) is 13.6. The lowest BCUT2D eigenvalue weighted by atomic mass is 9.99. The van der Waals surface area contributed by atoms with Gasteiger partial charge in [0.05, 0.1) is 28.3 Å². The molecule has 0 saturated carbocycles. The number of hydrazine groups is 1. The Labute approximate surface area is 171 Å². The van der Waals surface area contributed by atoms with Gasteiger partial charge in [0.25, 0.3) is 0 Å². The van der Waals surface area contributed by atoms with E-state index in [9.17, 15) is 10.4 Å². The quantitative estimate of drug-likeness (QED) is 0.234. The molecular formula is C21H18BrN5O. The average Bonchev–Trinajstić information content (AvgIpc) is 2.74. The van der Waals surface area contributed by atoms with Crippen LogP contribution in [0.3, 0.4) is 0 Å². The normalized spacial score (nSPS) is 10.6. The van der Waals surface area contributed by atoms with Gasteiger partial charge >= 0.3 is 0 Å². The fourth-order valence-corrected chi connectivity index (χ4v) is 3.23. The topological polar surface area (TPSA) is 97.7 Å². The van der Waals surface area contributed by atoms with E-state index in [2.05, 4.69) is 32.5 Å². The number of phenolic OH excluding ortho intramolecular Hbond substituents is 1. The van der Waals surface area contributed by atoms with Crippen molar-refractivity contribution in [1.29, 1.82) is 5.26 Å². The van der Waals surface area contributed by atoms with Crippen LogP contribution in [0.1, 0.15) is 11.1 Å². The molecule has 4 N–H and O–H groups in total. The Bertz CT molecular complexity index is 1030. The Morgan fingerprint density at radius 3 is 2.61 bits per heavy atom. The van der Waals surface area contributed by atoms with Crippen molar-refractivity contribution >= 4 is 28.0 Å². The molecule has 0 aliphatic rings. The van der Waals surface area contributed by atoms with E-state index in [1.807, 2.05) is 59.6 Å². The number of halogens is 1. The van der Waals surface area contributed by atoms with E-state index in [-0.39, 0.29) is 5.75 Å². The number of nitrogens with zero attached hydrogens (tertiary/aromatic N) is 3. The number of aromatic hydroxyl groups is 1. The second-order valence-electron chi connectivity index (χ2n) is 5.99. The van der Waals surface area contributed by atoms with Crippen LogP contribution in [0.15, 0.2) is 76.3 Å². The van der Waals surface area contributed by atoms with Gasteiger partial charge in [0.2, 0.25) is 0 Å². The van der Waals surface area contributed by atoms with Crippen LogP contribution in [-0.2, 0) is 6.54 Å². The lowest BCUT2D eigenvalue weighted by molar-refractivity contribution is 0.471. The third-order valence-electron chi connectivity index (χ3n) is 4.16. The van der Waals surface area contributed by atoms with Crippen LogP contribution < -0.4 is 16.3 Å². The average molecular weight is 436 g/mol. The van der Waals surface area contributed by atoms with E-state index < -0.39 is 0 Å². The zero-order chi connectivity index (χ0) is 19.9. The number of hydrogen-bond donors (Lipinski definition) is 3. The van der Waals surface area contributed by atoms with Crippen molar-refractivity contribution < 1.29 is 5.11 Å². The Morgan fingerprint density at radius 2 is 1.93 bits per heavy atom. The first-order valence-electron chi connectivity index (χ1n) is 8.45. The molecule has 0 amide bonds. The van der Waals surface area contributed by atoms with Crippen LogP contribution in [0, 0.1) is 11.3 Å². The van der Waals surface area contributed by atoms with Crippen LogP contribution in [0.4, 0.5) is 5.69 Å². The molecule has 140 valence electrons. The minimum Gasteiger partial charge on any atom is -0.507 e.